The first kappa shape index (κ1) is 20.3. The lowest BCUT2D eigenvalue weighted by Gasteiger charge is -2.30. The van der Waals surface area contributed by atoms with E-state index < -0.39 is 0 Å². The van der Waals surface area contributed by atoms with Gasteiger partial charge in [-0.2, -0.15) is 0 Å². The Bertz CT molecular complexity index is 979. The summed E-state index contributed by atoms with van der Waals surface area (Å²) in [6.45, 7) is 2.06. The summed E-state index contributed by atoms with van der Waals surface area (Å²) in [6, 6.07) is 27.3. The van der Waals surface area contributed by atoms with Crippen molar-refractivity contribution in [1.82, 2.24) is 4.90 Å². The van der Waals surface area contributed by atoms with Crippen LogP contribution in [0.25, 0.3) is 0 Å². The molecule has 3 aromatic carbocycles. The van der Waals surface area contributed by atoms with E-state index in [4.69, 9.17) is 16.3 Å². The molecule has 0 aromatic heterocycles. The number of urea groups is 1. The molecule has 1 heterocycles. The fourth-order valence-corrected chi connectivity index (χ4v) is 4.57. The summed E-state index contributed by atoms with van der Waals surface area (Å²) < 4.78 is 5.29. The summed E-state index contributed by atoms with van der Waals surface area (Å²) in [4.78, 5) is 17.6. The van der Waals surface area contributed by atoms with Crippen molar-refractivity contribution in [1.29, 1.82) is 0 Å². The van der Waals surface area contributed by atoms with Crippen LogP contribution in [0.1, 0.15) is 30.1 Å². The lowest BCUT2D eigenvalue weighted by atomic mass is 9.98. The molecule has 0 radical (unpaired) electrons. The van der Waals surface area contributed by atoms with Crippen LogP contribution < -0.4 is 9.64 Å². The van der Waals surface area contributed by atoms with Gasteiger partial charge in [-0.15, -0.1) is 11.6 Å². The van der Waals surface area contributed by atoms with E-state index in [2.05, 4.69) is 31.2 Å². The third kappa shape index (κ3) is 3.63. The lowest BCUT2D eigenvalue weighted by Crippen LogP contribution is -2.38. The molecule has 0 aliphatic carbocycles. The molecule has 4 nitrogen and oxygen atoms in total. The number of methoxy groups -OCH3 is 1. The van der Waals surface area contributed by atoms with E-state index in [0.29, 0.717) is 5.88 Å². The fourth-order valence-electron chi connectivity index (χ4n) is 4.25. The first-order chi connectivity index (χ1) is 14.7. The standard InChI is InChI=1S/C25H25ClN2O2/c1-18(19-9-5-3-6-10-19)27-23(17-26)24(20-11-7-4-8-12-20)28(25(27)29)21-13-15-22(30-2)16-14-21/h3-16,18,23-24H,17H2,1-2H3/t18-,23-,24-/m1/s1. The third-order valence-corrected chi connectivity index (χ3v) is 6.09. The quantitative estimate of drug-likeness (QED) is 0.455. The normalized spacial score (nSPS) is 19.8. The Hall–Kier alpha value is -2.98. The highest BCUT2D eigenvalue weighted by molar-refractivity contribution is 6.18. The number of hydrogen-bond donors (Lipinski definition) is 0. The Labute approximate surface area is 182 Å². The minimum Gasteiger partial charge on any atom is -0.497 e. The molecular formula is C25H25ClN2O2. The van der Waals surface area contributed by atoms with Crippen LogP contribution in [0.15, 0.2) is 84.9 Å². The number of benzene rings is 3. The molecule has 1 aliphatic heterocycles. The Morgan fingerprint density at radius 1 is 0.933 bits per heavy atom. The van der Waals surface area contributed by atoms with Gasteiger partial charge < -0.3 is 9.64 Å². The van der Waals surface area contributed by atoms with Gasteiger partial charge in [0.1, 0.15) is 5.75 Å². The highest BCUT2D eigenvalue weighted by atomic mass is 35.5. The van der Waals surface area contributed by atoms with Gasteiger partial charge in [0.15, 0.2) is 0 Å². The summed E-state index contributed by atoms with van der Waals surface area (Å²) in [5, 5.41) is 0. The van der Waals surface area contributed by atoms with Crippen molar-refractivity contribution in [2.75, 3.05) is 17.9 Å². The first-order valence-corrected chi connectivity index (χ1v) is 10.6. The SMILES string of the molecule is COc1ccc(N2C(=O)N([C@H](C)c3ccccc3)[C@H](CCl)[C@H]2c2ccccc2)cc1. The van der Waals surface area contributed by atoms with Gasteiger partial charge in [-0.3, -0.25) is 4.90 Å². The number of nitrogens with zero attached hydrogens (tertiary/aromatic N) is 2. The smallest absolute Gasteiger partial charge is 0.326 e. The molecule has 1 aliphatic rings. The molecule has 0 saturated carbocycles. The Kier molecular flexibility index (Phi) is 5.96. The number of anilines is 1. The van der Waals surface area contributed by atoms with Gasteiger partial charge in [0.25, 0.3) is 0 Å². The number of alkyl halides is 1. The van der Waals surface area contributed by atoms with Crippen LogP contribution in [0.4, 0.5) is 10.5 Å². The Morgan fingerprint density at radius 2 is 1.53 bits per heavy atom. The van der Waals surface area contributed by atoms with Gasteiger partial charge in [-0.1, -0.05) is 60.7 Å². The topological polar surface area (TPSA) is 32.8 Å². The summed E-state index contributed by atoms with van der Waals surface area (Å²) in [5.74, 6) is 1.10. The number of ether oxygens (including phenoxy) is 1. The van der Waals surface area contributed by atoms with Gasteiger partial charge in [0.2, 0.25) is 0 Å². The van der Waals surface area contributed by atoms with E-state index in [9.17, 15) is 4.79 Å². The van der Waals surface area contributed by atoms with E-state index in [-0.39, 0.29) is 24.2 Å². The zero-order valence-corrected chi connectivity index (χ0v) is 17.9. The van der Waals surface area contributed by atoms with Crippen LogP contribution in [-0.2, 0) is 0 Å². The van der Waals surface area contributed by atoms with E-state index in [1.54, 1.807) is 7.11 Å². The van der Waals surface area contributed by atoms with Crippen LogP contribution in [0.5, 0.6) is 5.75 Å². The molecule has 3 aromatic rings. The number of hydrogen-bond acceptors (Lipinski definition) is 2. The Morgan fingerprint density at radius 3 is 2.10 bits per heavy atom. The van der Waals surface area contributed by atoms with Gasteiger partial charge in [0.05, 0.1) is 25.2 Å². The van der Waals surface area contributed by atoms with Crippen molar-refractivity contribution in [3.63, 3.8) is 0 Å². The predicted molar refractivity (Wildman–Crippen MR) is 121 cm³/mol. The maximum Gasteiger partial charge on any atom is 0.326 e. The molecule has 1 fully saturated rings. The van der Waals surface area contributed by atoms with Crippen LogP contribution in [0, 0.1) is 0 Å². The summed E-state index contributed by atoms with van der Waals surface area (Å²) >= 11 is 6.50. The highest BCUT2D eigenvalue weighted by Gasteiger charge is 2.48. The molecule has 0 spiro atoms. The molecule has 0 N–H and O–H groups in total. The molecule has 1 saturated heterocycles. The average Bonchev–Trinajstić information content (AvgIpc) is 3.11. The monoisotopic (exact) mass is 420 g/mol. The number of carbonyl (C=O) groups is 1. The van der Waals surface area contributed by atoms with Crippen molar-refractivity contribution in [2.24, 2.45) is 0 Å². The number of rotatable bonds is 6. The first-order valence-electron chi connectivity index (χ1n) is 10.1. The minimum atomic E-state index is -0.184. The van der Waals surface area contributed by atoms with E-state index in [1.165, 1.54) is 0 Å². The second kappa shape index (κ2) is 8.80. The van der Waals surface area contributed by atoms with Crippen molar-refractivity contribution >= 4 is 23.3 Å². The van der Waals surface area contributed by atoms with E-state index in [1.807, 2.05) is 70.5 Å². The summed E-state index contributed by atoms with van der Waals surface area (Å²) in [6.07, 6.45) is 0. The summed E-state index contributed by atoms with van der Waals surface area (Å²) in [5.41, 5.74) is 2.98. The molecule has 154 valence electrons. The van der Waals surface area contributed by atoms with Crippen molar-refractivity contribution in [3.05, 3.63) is 96.1 Å². The van der Waals surface area contributed by atoms with Gasteiger partial charge >= 0.3 is 6.03 Å². The second-order valence-electron chi connectivity index (χ2n) is 7.42. The second-order valence-corrected chi connectivity index (χ2v) is 7.73. The van der Waals surface area contributed by atoms with Crippen molar-refractivity contribution in [3.8, 4) is 5.75 Å². The zero-order chi connectivity index (χ0) is 21.1. The maximum absolute atomic E-state index is 13.8. The molecule has 4 rings (SSSR count). The summed E-state index contributed by atoms with van der Waals surface area (Å²) in [7, 11) is 1.63. The molecular weight excluding hydrogens is 396 g/mol. The number of amides is 2. The zero-order valence-electron chi connectivity index (χ0n) is 17.1. The van der Waals surface area contributed by atoms with Crippen LogP contribution in [0.2, 0.25) is 0 Å². The molecule has 2 amide bonds. The maximum atomic E-state index is 13.8. The van der Waals surface area contributed by atoms with Crippen LogP contribution in [0.3, 0.4) is 0 Å². The fraction of sp³-hybridized carbons (Fsp3) is 0.240. The number of halogens is 1. The van der Waals surface area contributed by atoms with Crippen molar-refractivity contribution < 1.29 is 9.53 Å². The van der Waals surface area contributed by atoms with E-state index >= 15 is 0 Å². The predicted octanol–water partition coefficient (Wildman–Crippen LogP) is 6.05. The van der Waals surface area contributed by atoms with Crippen LogP contribution in [-0.4, -0.2) is 30.0 Å². The molecule has 3 atom stereocenters. The van der Waals surface area contributed by atoms with Gasteiger partial charge in [-0.25, -0.2) is 4.79 Å². The molecule has 5 heteroatoms. The third-order valence-electron chi connectivity index (χ3n) is 5.78. The van der Waals surface area contributed by atoms with E-state index in [0.717, 1.165) is 22.6 Å². The van der Waals surface area contributed by atoms with Crippen molar-refractivity contribution in [2.45, 2.75) is 25.0 Å². The molecule has 0 bridgehead atoms. The minimum absolute atomic E-state index is 0.0453. The largest absolute Gasteiger partial charge is 0.497 e. The van der Waals surface area contributed by atoms with Gasteiger partial charge in [0, 0.05) is 11.6 Å². The van der Waals surface area contributed by atoms with Gasteiger partial charge in [-0.05, 0) is 42.3 Å². The molecule has 30 heavy (non-hydrogen) atoms. The average molecular weight is 421 g/mol. The highest BCUT2D eigenvalue weighted by Crippen LogP contribution is 2.43. The molecule has 0 unspecified atom stereocenters. The van der Waals surface area contributed by atoms with Crippen LogP contribution >= 0.6 is 11.6 Å². The number of carbonyl (C=O) groups excluding carboxylic acids is 1. The lowest BCUT2D eigenvalue weighted by molar-refractivity contribution is 0.184. The Balaban J connectivity index is 1.80.